The number of aromatic nitrogens is 2. The molecule has 1 aliphatic rings. The largest absolute Gasteiger partial charge is 0.456 e. The minimum absolute atomic E-state index is 0.256. The van der Waals surface area contributed by atoms with E-state index in [9.17, 15) is 9.59 Å². The van der Waals surface area contributed by atoms with Crippen molar-refractivity contribution in [3.05, 3.63) is 64.9 Å². The predicted octanol–water partition coefficient (Wildman–Crippen LogP) is 4.88. The summed E-state index contributed by atoms with van der Waals surface area (Å²) in [6, 6.07) is 10.4. The van der Waals surface area contributed by atoms with E-state index in [1.807, 2.05) is 26.8 Å². The highest BCUT2D eigenvalue weighted by atomic mass is 32.1. The van der Waals surface area contributed by atoms with Gasteiger partial charge >= 0.3 is 6.09 Å². The van der Waals surface area contributed by atoms with E-state index in [4.69, 9.17) is 9.47 Å². The van der Waals surface area contributed by atoms with E-state index in [1.54, 1.807) is 47.6 Å². The van der Waals surface area contributed by atoms with Gasteiger partial charge in [-0.15, -0.1) is 0 Å². The summed E-state index contributed by atoms with van der Waals surface area (Å²) >= 11 is 1.38. The molecular weight excluding hydrogens is 428 g/mol. The SMILES string of the molecule is CC(C)(C)OC(=O)N1CCc2nc(NC(=O)c3ccc(Oc4cccnc4)cc3)sc2C1. The highest BCUT2D eigenvalue weighted by molar-refractivity contribution is 7.15. The van der Waals surface area contributed by atoms with Crippen LogP contribution in [0.25, 0.3) is 0 Å². The number of ether oxygens (including phenoxy) is 2. The smallest absolute Gasteiger partial charge is 0.410 e. The van der Waals surface area contributed by atoms with Gasteiger partial charge in [-0.1, -0.05) is 11.3 Å². The van der Waals surface area contributed by atoms with Gasteiger partial charge in [-0.3, -0.25) is 15.1 Å². The van der Waals surface area contributed by atoms with Crippen LogP contribution in [0, 0.1) is 0 Å². The Morgan fingerprint density at radius 2 is 1.91 bits per heavy atom. The van der Waals surface area contributed by atoms with Crippen molar-refractivity contribution < 1.29 is 19.1 Å². The van der Waals surface area contributed by atoms with Gasteiger partial charge < -0.3 is 14.4 Å². The number of hydrogen-bond acceptors (Lipinski definition) is 7. The second-order valence-corrected chi connectivity index (χ2v) is 9.39. The topological polar surface area (TPSA) is 93.7 Å². The van der Waals surface area contributed by atoms with Gasteiger partial charge in [-0.05, 0) is 57.2 Å². The van der Waals surface area contributed by atoms with Crippen molar-refractivity contribution in [2.24, 2.45) is 0 Å². The van der Waals surface area contributed by atoms with Crippen LogP contribution < -0.4 is 10.1 Å². The standard InChI is InChI=1S/C23H24N4O4S/c1-23(2,3)31-22(29)27-12-10-18-19(14-27)32-21(25-18)26-20(28)15-6-8-16(9-7-15)30-17-5-4-11-24-13-17/h4-9,11,13H,10,12,14H2,1-3H3,(H,25,26,28). The Labute approximate surface area is 190 Å². The molecule has 8 nitrogen and oxygen atoms in total. The normalized spacial score (nSPS) is 13.3. The van der Waals surface area contributed by atoms with Crippen LogP contribution in [0.4, 0.5) is 9.93 Å². The molecule has 0 saturated heterocycles. The minimum Gasteiger partial charge on any atom is -0.456 e. The first-order valence-corrected chi connectivity index (χ1v) is 11.0. The maximum Gasteiger partial charge on any atom is 0.410 e. The average Bonchev–Trinajstić information content (AvgIpc) is 3.15. The molecule has 2 aromatic heterocycles. The van der Waals surface area contributed by atoms with Crippen molar-refractivity contribution in [2.45, 2.75) is 39.3 Å². The van der Waals surface area contributed by atoms with Crippen LogP contribution >= 0.6 is 11.3 Å². The number of amides is 2. The summed E-state index contributed by atoms with van der Waals surface area (Å²) in [5.41, 5.74) is 0.861. The van der Waals surface area contributed by atoms with Gasteiger partial charge in [0.05, 0.1) is 18.4 Å². The number of carbonyl (C=O) groups excluding carboxylic acids is 2. The van der Waals surface area contributed by atoms with Crippen molar-refractivity contribution in [1.82, 2.24) is 14.9 Å². The molecule has 0 radical (unpaired) electrons. The van der Waals surface area contributed by atoms with E-state index < -0.39 is 5.60 Å². The number of rotatable bonds is 4. The van der Waals surface area contributed by atoms with Crippen LogP contribution in [0.3, 0.4) is 0 Å². The van der Waals surface area contributed by atoms with Crippen molar-refractivity contribution in [2.75, 3.05) is 11.9 Å². The first kappa shape index (κ1) is 21.8. The maximum atomic E-state index is 12.6. The zero-order valence-electron chi connectivity index (χ0n) is 18.1. The third kappa shape index (κ3) is 5.42. The zero-order valence-corrected chi connectivity index (χ0v) is 18.9. The Bertz CT molecular complexity index is 1110. The molecule has 0 atom stereocenters. The molecule has 0 fully saturated rings. The van der Waals surface area contributed by atoms with Gasteiger partial charge in [0.2, 0.25) is 0 Å². The van der Waals surface area contributed by atoms with Crippen molar-refractivity contribution >= 4 is 28.5 Å². The monoisotopic (exact) mass is 452 g/mol. The van der Waals surface area contributed by atoms with Gasteiger partial charge in [-0.2, -0.15) is 0 Å². The number of hydrogen-bond donors (Lipinski definition) is 1. The zero-order chi connectivity index (χ0) is 22.7. The summed E-state index contributed by atoms with van der Waals surface area (Å²) in [6.45, 7) is 6.50. The third-order valence-electron chi connectivity index (χ3n) is 4.59. The number of anilines is 1. The van der Waals surface area contributed by atoms with Gasteiger partial charge in [0.15, 0.2) is 5.13 Å². The summed E-state index contributed by atoms with van der Waals surface area (Å²) in [5.74, 6) is 0.980. The Morgan fingerprint density at radius 1 is 1.12 bits per heavy atom. The Balaban J connectivity index is 1.37. The van der Waals surface area contributed by atoms with Crippen LogP contribution in [-0.4, -0.2) is 39.0 Å². The fraction of sp³-hybridized carbons (Fsp3) is 0.304. The molecule has 1 N–H and O–H groups in total. The van der Waals surface area contributed by atoms with Crippen molar-refractivity contribution in [1.29, 1.82) is 0 Å². The van der Waals surface area contributed by atoms with E-state index in [0.717, 1.165) is 10.6 Å². The molecule has 3 aromatic rings. The number of fused-ring (bicyclic) bond motifs is 1. The molecule has 166 valence electrons. The molecule has 2 amide bonds. The lowest BCUT2D eigenvalue weighted by Crippen LogP contribution is -2.39. The van der Waals surface area contributed by atoms with Crippen molar-refractivity contribution in [3.63, 3.8) is 0 Å². The second-order valence-electron chi connectivity index (χ2n) is 8.31. The summed E-state index contributed by atoms with van der Waals surface area (Å²) < 4.78 is 11.2. The lowest BCUT2D eigenvalue weighted by atomic mass is 10.2. The molecule has 0 spiro atoms. The number of nitrogens with zero attached hydrogens (tertiary/aromatic N) is 3. The molecule has 32 heavy (non-hydrogen) atoms. The van der Waals surface area contributed by atoms with Crippen LogP contribution in [-0.2, 0) is 17.7 Å². The number of nitrogens with one attached hydrogen (secondary N) is 1. The molecule has 0 saturated carbocycles. The van der Waals surface area contributed by atoms with Crippen LogP contribution in [0.2, 0.25) is 0 Å². The van der Waals surface area contributed by atoms with E-state index >= 15 is 0 Å². The molecule has 0 bridgehead atoms. The highest BCUT2D eigenvalue weighted by Gasteiger charge is 2.28. The summed E-state index contributed by atoms with van der Waals surface area (Å²) in [6.07, 6.45) is 3.58. The summed E-state index contributed by atoms with van der Waals surface area (Å²) in [5, 5.41) is 3.37. The predicted molar refractivity (Wildman–Crippen MR) is 121 cm³/mol. The maximum absolute atomic E-state index is 12.6. The Hall–Kier alpha value is -3.46. The van der Waals surface area contributed by atoms with E-state index in [0.29, 0.717) is 41.7 Å². The third-order valence-corrected chi connectivity index (χ3v) is 5.59. The minimum atomic E-state index is -0.539. The van der Waals surface area contributed by atoms with Crippen LogP contribution in [0.15, 0.2) is 48.8 Å². The van der Waals surface area contributed by atoms with E-state index in [1.165, 1.54) is 11.3 Å². The number of pyridine rings is 1. The molecule has 1 aliphatic heterocycles. The Morgan fingerprint density at radius 3 is 2.59 bits per heavy atom. The van der Waals surface area contributed by atoms with E-state index in [-0.39, 0.29) is 12.0 Å². The van der Waals surface area contributed by atoms with Crippen LogP contribution in [0.1, 0.15) is 41.7 Å². The highest BCUT2D eigenvalue weighted by Crippen LogP contribution is 2.29. The first-order valence-electron chi connectivity index (χ1n) is 10.2. The summed E-state index contributed by atoms with van der Waals surface area (Å²) in [4.78, 5) is 36.1. The second kappa shape index (κ2) is 8.96. The van der Waals surface area contributed by atoms with E-state index in [2.05, 4.69) is 15.3 Å². The molecule has 9 heteroatoms. The number of thiazole rings is 1. The summed E-state index contributed by atoms with van der Waals surface area (Å²) in [7, 11) is 0. The molecular formula is C23H24N4O4S. The molecule has 0 aliphatic carbocycles. The quantitative estimate of drug-likeness (QED) is 0.607. The Kier molecular flexibility index (Phi) is 6.09. The molecule has 4 rings (SSSR count). The van der Waals surface area contributed by atoms with Gasteiger partial charge in [-0.25, -0.2) is 9.78 Å². The average molecular weight is 453 g/mol. The fourth-order valence-electron chi connectivity index (χ4n) is 3.12. The fourth-order valence-corrected chi connectivity index (χ4v) is 4.14. The lowest BCUT2D eigenvalue weighted by Gasteiger charge is -2.29. The number of benzene rings is 1. The lowest BCUT2D eigenvalue weighted by molar-refractivity contribution is 0.0225. The number of carbonyl (C=O) groups is 2. The van der Waals surface area contributed by atoms with Gasteiger partial charge in [0, 0.05) is 29.6 Å². The van der Waals surface area contributed by atoms with Crippen molar-refractivity contribution in [3.8, 4) is 11.5 Å². The van der Waals surface area contributed by atoms with Gasteiger partial charge in [0.1, 0.15) is 17.1 Å². The van der Waals surface area contributed by atoms with Crippen LogP contribution in [0.5, 0.6) is 11.5 Å². The first-order chi connectivity index (χ1) is 15.3. The molecule has 0 unspecified atom stereocenters. The molecule has 1 aromatic carbocycles. The van der Waals surface area contributed by atoms with Gasteiger partial charge in [0.25, 0.3) is 5.91 Å². The molecule has 3 heterocycles.